The molecule has 0 saturated heterocycles. The summed E-state index contributed by atoms with van der Waals surface area (Å²) >= 11 is 0. The molecule has 0 radical (unpaired) electrons. The fraction of sp³-hybridized carbons (Fsp3) is 0.222. The number of nitrogens with one attached hydrogen (secondary N) is 1. The maximum Gasteiger partial charge on any atom is 0.270 e. The number of aromatic nitrogens is 3. The van der Waals surface area contributed by atoms with Crippen LogP contribution in [0, 0.1) is 0 Å². The Morgan fingerprint density at radius 2 is 1.84 bits per heavy atom. The molecule has 5 N–H and O–H groups in total. The third-order valence-electron chi connectivity index (χ3n) is 6.37. The van der Waals surface area contributed by atoms with Gasteiger partial charge in [0.1, 0.15) is 17.3 Å². The first kappa shape index (κ1) is 24.0. The highest BCUT2D eigenvalue weighted by atomic mass is 16.5. The molecule has 190 valence electrons. The van der Waals surface area contributed by atoms with Crippen LogP contribution in [0.3, 0.4) is 0 Å². The lowest BCUT2D eigenvalue weighted by molar-refractivity contribution is 0.0822. The molecule has 10 nitrogen and oxygen atoms in total. The lowest BCUT2D eigenvalue weighted by atomic mass is 10.0. The molecule has 0 aliphatic heterocycles. The molecule has 0 aliphatic rings. The van der Waals surface area contributed by atoms with Gasteiger partial charge >= 0.3 is 0 Å². The number of nitrogen functional groups attached to an aromatic ring is 2. The molecule has 0 aliphatic carbocycles. The third kappa shape index (κ3) is 4.26. The molecule has 5 aromatic rings. The number of benzene rings is 2. The predicted molar refractivity (Wildman–Crippen MR) is 142 cm³/mol. The number of H-pyrrole nitrogens is 1. The average molecular weight is 501 g/mol. The molecular formula is C27H28N6O4. The Kier molecular flexibility index (Phi) is 6.08. The minimum Gasteiger partial charge on any atom is -0.493 e. The first-order chi connectivity index (χ1) is 17.8. The van der Waals surface area contributed by atoms with Crippen LogP contribution in [-0.2, 0) is 12.8 Å². The van der Waals surface area contributed by atoms with Crippen LogP contribution in [-0.4, -0.2) is 54.1 Å². The molecule has 1 amide bonds. The van der Waals surface area contributed by atoms with Crippen molar-refractivity contribution in [3.05, 3.63) is 70.7 Å². The maximum absolute atomic E-state index is 13.0. The number of fused-ring (bicyclic) bond motifs is 2. The number of nitrogens with two attached hydrogens (primary N) is 2. The number of anilines is 2. The molecule has 0 atom stereocenters. The summed E-state index contributed by atoms with van der Waals surface area (Å²) in [5.74, 6) is 1.99. The molecule has 5 rings (SSSR count). The van der Waals surface area contributed by atoms with Crippen molar-refractivity contribution < 1.29 is 18.7 Å². The van der Waals surface area contributed by atoms with Gasteiger partial charge in [0.05, 0.1) is 14.2 Å². The Labute approximate surface area is 213 Å². The minimum absolute atomic E-state index is 0.110. The fourth-order valence-electron chi connectivity index (χ4n) is 4.58. The quantitative estimate of drug-likeness (QED) is 0.306. The number of amides is 1. The monoisotopic (exact) mass is 500 g/mol. The van der Waals surface area contributed by atoms with Crippen molar-refractivity contribution in [1.82, 2.24) is 19.9 Å². The van der Waals surface area contributed by atoms with E-state index >= 15 is 0 Å². The van der Waals surface area contributed by atoms with Crippen molar-refractivity contribution in [3.8, 4) is 11.5 Å². The summed E-state index contributed by atoms with van der Waals surface area (Å²) in [6.07, 6.45) is 2.44. The normalized spacial score (nSPS) is 11.2. The van der Waals surface area contributed by atoms with E-state index in [-0.39, 0.29) is 11.9 Å². The van der Waals surface area contributed by atoms with Gasteiger partial charge in [-0.15, -0.1) is 0 Å². The van der Waals surface area contributed by atoms with Gasteiger partial charge in [-0.2, -0.15) is 4.98 Å². The number of hydrogen-bond donors (Lipinski definition) is 3. The van der Waals surface area contributed by atoms with Gasteiger partial charge in [-0.05, 0) is 29.3 Å². The number of methoxy groups -OCH3 is 2. The zero-order valence-corrected chi connectivity index (χ0v) is 21.1. The second-order valence-corrected chi connectivity index (χ2v) is 8.94. The second-order valence-electron chi connectivity index (χ2n) is 8.94. The molecule has 10 heteroatoms. The van der Waals surface area contributed by atoms with Gasteiger partial charge < -0.3 is 35.2 Å². The van der Waals surface area contributed by atoms with Crippen molar-refractivity contribution in [2.75, 3.05) is 39.8 Å². The van der Waals surface area contributed by atoms with E-state index in [4.69, 9.17) is 25.4 Å². The van der Waals surface area contributed by atoms with Crippen LogP contribution in [0.4, 0.5) is 11.8 Å². The van der Waals surface area contributed by atoms with Gasteiger partial charge in [-0.3, -0.25) is 4.79 Å². The summed E-state index contributed by atoms with van der Waals surface area (Å²) in [5, 5.41) is 1.80. The standard InChI is InChI=1S/C27H28N6O4/c1-33(2)26(34)22-19(17-7-5-6-8-20(17)31-22)12-16-11-18-14(9-15-13-30-27(29)32-25(15)28)10-21(35-3)24(36-4)23(18)37-16/h5-8,10-11,13,31H,9,12H2,1-4H3,(H4,28,29,30,32). The smallest absolute Gasteiger partial charge is 0.270 e. The van der Waals surface area contributed by atoms with E-state index in [1.807, 2.05) is 36.4 Å². The highest BCUT2D eigenvalue weighted by Crippen LogP contribution is 2.41. The van der Waals surface area contributed by atoms with E-state index in [0.717, 1.165) is 33.0 Å². The van der Waals surface area contributed by atoms with Crippen LogP contribution < -0.4 is 20.9 Å². The topological polar surface area (TPSA) is 146 Å². The molecule has 3 aromatic heterocycles. The zero-order valence-electron chi connectivity index (χ0n) is 21.1. The Hall–Kier alpha value is -4.73. The van der Waals surface area contributed by atoms with Gasteiger partial charge in [0.2, 0.25) is 11.7 Å². The number of rotatable bonds is 7. The fourth-order valence-corrected chi connectivity index (χ4v) is 4.58. The maximum atomic E-state index is 13.0. The molecule has 37 heavy (non-hydrogen) atoms. The van der Waals surface area contributed by atoms with E-state index in [1.165, 1.54) is 0 Å². The zero-order chi connectivity index (χ0) is 26.3. The Morgan fingerprint density at radius 1 is 1.05 bits per heavy atom. The number of aromatic amines is 1. The van der Waals surface area contributed by atoms with E-state index in [0.29, 0.717) is 47.2 Å². The predicted octanol–water partition coefficient (Wildman–Crippen LogP) is 3.77. The van der Waals surface area contributed by atoms with E-state index in [9.17, 15) is 4.79 Å². The first-order valence-corrected chi connectivity index (χ1v) is 11.6. The second kappa shape index (κ2) is 9.38. The first-order valence-electron chi connectivity index (χ1n) is 11.6. The molecule has 3 heterocycles. The summed E-state index contributed by atoms with van der Waals surface area (Å²) in [6.45, 7) is 0. The van der Waals surface area contributed by atoms with Crippen LogP contribution in [0.1, 0.15) is 32.9 Å². The van der Waals surface area contributed by atoms with Gasteiger partial charge in [0.15, 0.2) is 11.3 Å². The summed E-state index contributed by atoms with van der Waals surface area (Å²) < 4.78 is 17.6. The van der Waals surface area contributed by atoms with E-state index < -0.39 is 0 Å². The Balaban J connectivity index is 1.65. The molecular weight excluding hydrogens is 472 g/mol. The third-order valence-corrected chi connectivity index (χ3v) is 6.37. The van der Waals surface area contributed by atoms with Crippen LogP contribution in [0.25, 0.3) is 21.9 Å². The number of hydrogen-bond acceptors (Lipinski definition) is 8. The highest BCUT2D eigenvalue weighted by Gasteiger charge is 2.23. The van der Waals surface area contributed by atoms with Crippen LogP contribution >= 0.6 is 0 Å². The molecule has 0 unspecified atom stereocenters. The molecule has 0 fully saturated rings. The lowest BCUT2D eigenvalue weighted by Crippen LogP contribution is -2.23. The number of carbonyl (C=O) groups excluding carboxylic acids is 1. The Morgan fingerprint density at radius 3 is 2.54 bits per heavy atom. The summed E-state index contributed by atoms with van der Waals surface area (Å²) in [4.78, 5) is 26.0. The van der Waals surface area contributed by atoms with Gasteiger partial charge in [-0.25, -0.2) is 4.98 Å². The molecule has 0 bridgehead atoms. The number of para-hydroxylation sites is 1. The van der Waals surface area contributed by atoms with Crippen molar-refractivity contribution in [2.24, 2.45) is 0 Å². The van der Waals surface area contributed by atoms with Crippen LogP contribution in [0.2, 0.25) is 0 Å². The van der Waals surface area contributed by atoms with Crippen molar-refractivity contribution in [2.45, 2.75) is 12.8 Å². The van der Waals surface area contributed by atoms with Crippen molar-refractivity contribution in [1.29, 1.82) is 0 Å². The number of nitrogens with zero attached hydrogens (tertiary/aromatic N) is 3. The summed E-state index contributed by atoms with van der Waals surface area (Å²) in [7, 11) is 6.60. The average Bonchev–Trinajstić information content (AvgIpc) is 3.47. The minimum atomic E-state index is -0.110. The number of ether oxygens (including phenoxy) is 2. The summed E-state index contributed by atoms with van der Waals surface area (Å²) in [6, 6.07) is 11.7. The lowest BCUT2D eigenvalue weighted by Gasteiger charge is -2.12. The SMILES string of the molecule is COc1cc(Cc2cnc(N)nc2N)c2cc(Cc3c(C(=O)N(C)C)[nH]c4ccccc34)oc2c1OC. The molecule has 0 saturated carbocycles. The van der Waals surface area contributed by atoms with Crippen molar-refractivity contribution in [3.63, 3.8) is 0 Å². The molecule has 0 spiro atoms. The van der Waals surface area contributed by atoms with Crippen LogP contribution in [0.5, 0.6) is 11.5 Å². The van der Waals surface area contributed by atoms with Crippen LogP contribution in [0.15, 0.2) is 47.0 Å². The summed E-state index contributed by atoms with van der Waals surface area (Å²) in [5.41, 5.74) is 16.2. The Bertz CT molecular complexity index is 1640. The van der Waals surface area contributed by atoms with Gasteiger partial charge in [0.25, 0.3) is 5.91 Å². The number of furan rings is 1. The largest absolute Gasteiger partial charge is 0.493 e. The van der Waals surface area contributed by atoms with Crippen molar-refractivity contribution >= 4 is 39.5 Å². The highest BCUT2D eigenvalue weighted by molar-refractivity contribution is 6.01. The van der Waals surface area contributed by atoms with Gasteiger partial charge in [-0.1, -0.05) is 18.2 Å². The number of carbonyl (C=O) groups is 1. The molecule has 2 aromatic carbocycles. The van der Waals surface area contributed by atoms with E-state index in [1.54, 1.807) is 39.4 Å². The van der Waals surface area contributed by atoms with E-state index in [2.05, 4.69) is 15.0 Å². The van der Waals surface area contributed by atoms with Gasteiger partial charge in [0, 0.05) is 55.0 Å².